The van der Waals surface area contributed by atoms with Gasteiger partial charge < -0.3 is 5.11 Å². The third kappa shape index (κ3) is 2.06. The van der Waals surface area contributed by atoms with E-state index in [1.165, 1.54) is 4.68 Å². The molecule has 2 atom stereocenters. The highest BCUT2D eigenvalue weighted by atomic mass is 16.6. The number of rotatable bonds is 4. The van der Waals surface area contributed by atoms with Crippen molar-refractivity contribution in [3.63, 3.8) is 0 Å². The Morgan fingerprint density at radius 2 is 2.19 bits per heavy atom. The number of aromatic nitrogens is 2. The maximum absolute atomic E-state index is 10.9. The smallest absolute Gasteiger partial charge is 0.313 e. The molecule has 0 spiro atoms. The van der Waals surface area contributed by atoms with Crippen LogP contribution in [0.4, 0.5) is 5.69 Å². The van der Waals surface area contributed by atoms with E-state index in [0.717, 1.165) is 0 Å². The van der Waals surface area contributed by atoms with Gasteiger partial charge >= 0.3 is 5.69 Å². The second kappa shape index (κ2) is 4.61. The Morgan fingerprint density at radius 1 is 1.62 bits per heavy atom. The quantitative estimate of drug-likeness (QED) is 0.624. The fourth-order valence-electron chi connectivity index (χ4n) is 1.94. The first-order chi connectivity index (χ1) is 7.40. The van der Waals surface area contributed by atoms with Gasteiger partial charge in [-0.1, -0.05) is 13.8 Å². The molecule has 1 rings (SSSR count). The number of aryl methyl sites for hydroxylation is 2. The lowest BCUT2D eigenvalue weighted by molar-refractivity contribution is -0.386. The summed E-state index contributed by atoms with van der Waals surface area (Å²) >= 11 is 0. The van der Waals surface area contributed by atoms with Crippen LogP contribution in [0.2, 0.25) is 0 Å². The first kappa shape index (κ1) is 12.6. The van der Waals surface area contributed by atoms with Crippen LogP contribution in [0.25, 0.3) is 0 Å². The van der Waals surface area contributed by atoms with E-state index in [4.69, 9.17) is 0 Å². The van der Waals surface area contributed by atoms with E-state index >= 15 is 0 Å². The molecule has 0 saturated carbocycles. The van der Waals surface area contributed by atoms with Crippen LogP contribution >= 0.6 is 0 Å². The summed E-state index contributed by atoms with van der Waals surface area (Å²) < 4.78 is 1.48. The zero-order chi connectivity index (χ0) is 12.5. The summed E-state index contributed by atoms with van der Waals surface area (Å²) in [7, 11) is 1.66. The molecule has 0 aliphatic carbocycles. The van der Waals surface area contributed by atoms with Gasteiger partial charge in [-0.05, 0) is 13.3 Å². The van der Waals surface area contributed by atoms with Gasteiger partial charge in [0.25, 0.3) is 0 Å². The second-order valence-electron chi connectivity index (χ2n) is 3.96. The van der Waals surface area contributed by atoms with E-state index in [1.54, 1.807) is 20.9 Å². The average molecular weight is 227 g/mol. The van der Waals surface area contributed by atoms with E-state index in [9.17, 15) is 15.2 Å². The average Bonchev–Trinajstić information content (AvgIpc) is 2.51. The molecule has 0 fully saturated rings. The van der Waals surface area contributed by atoms with Crippen LogP contribution in [0.5, 0.6) is 0 Å². The fourth-order valence-corrected chi connectivity index (χ4v) is 1.94. The van der Waals surface area contributed by atoms with Crippen LogP contribution in [0.15, 0.2) is 0 Å². The highest BCUT2D eigenvalue weighted by Gasteiger charge is 2.30. The van der Waals surface area contributed by atoms with Crippen molar-refractivity contribution in [1.29, 1.82) is 0 Å². The SMILES string of the molecule is CCC(O)C(C)c1c([N+](=O)[O-])c(C)nn1C. The zero-order valence-corrected chi connectivity index (χ0v) is 9.97. The van der Waals surface area contributed by atoms with Crippen LogP contribution in [-0.2, 0) is 7.05 Å². The molecule has 1 aromatic heterocycles. The molecule has 16 heavy (non-hydrogen) atoms. The first-order valence-electron chi connectivity index (χ1n) is 5.26. The normalized spacial score (nSPS) is 14.8. The summed E-state index contributed by atoms with van der Waals surface area (Å²) in [6, 6.07) is 0. The summed E-state index contributed by atoms with van der Waals surface area (Å²) in [6.45, 7) is 5.22. The minimum Gasteiger partial charge on any atom is -0.392 e. The number of nitro groups is 1. The van der Waals surface area contributed by atoms with Crippen LogP contribution < -0.4 is 0 Å². The number of aliphatic hydroxyl groups excluding tert-OH is 1. The minimum atomic E-state index is -0.589. The standard InChI is InChI=1S/C10H17N3O3/c1-5-8(14)6(2)9-10(13(15)16)7(3)11-12(9)4/h6,8,14H,5H2,1-4H3. The topological polar surface area (TPSA) is 81.2 Å². The van der Waals surface area contributed by atoms with Crippen molar-refractivity contribution in [2.45, 2.75) is 39.2 Å². The predicted molar refractivity (Wildman–Crippen MR) is 59.3 cm³/mol. The van der Waals surface area contributed by atoms with Crippen LogP contribution in [0.1, 0.15) is 37.6 Å². The van der Waals surface area contributed by atoms with E-state index in [0.29, 0.717) is 17.8 Å². The van der Waals surface area contributed by atoms with Crippen molar-refractivity contribution in [3.8, 4) is 0 Å². The lowest BCUT2D eigenvalue weighted by Gasteiger charge is -2.16. The first-order valence-corrected chi connectivity index (χ1v) is 5.26. The molecule has 0 radical (unpaired) electrons. The highest BCUT2D eigenvalue weighted by Crippen LogP contribution is 2.31. The molecule has 6 heteroatoms. The molecule has 1 aromatic rings. The Hall–Kier alpha value is -1.43. The van der Waals surface area contributed by atoms with E-state index < -0.39 is 11.0 Å². The van der Waals surface area contributed by atoms with Crippen molar-refractivity contribution in [1.82, 2.24) is 9.78 Å². The maximum atomic E-state index is 10.9. The molecule has 0 amide bonds. The molecule has 90 valence electrons. The molecule has 0 saturated heterocycles. The van der Waals surface area contributed by atoms with Gasteiger partial charge in [0, 0.05) is 13.0 Å². The van der Waals surface area contributed by atoms with Crippen molar-refractivity contribution in [2.24, 2.45) is 7.05 Å². The Kier molecular flexibility index (Phi) is 3.64. The Labute approximate surface area is 94.0 Å². The lowest BCUT2D eigenvalue weighted by Crippen LogP contribution is -2.18. The number of hydrogen-bond donors (Lipinski definition) is 1. The van der Waals surface area contributed by atoms with Gasteiger partial charge in [0.2, 0.25) is 0 Å². The fraction of sp³-hybridized carbons (Fsp3) is 0.700. The summed E-state index contributed by atoms with van der Waals surface area (Å²) in [5.41, 5.74) is 0.886. The molecule has 1 heterocycles. The molecule has 0 bridgehead atoms. The van der Waals surface area contributed by atoms with Crippen molar-refractivity contribution < 1.29 is 10.0 Å². The molecule has 2 unspecified atom stereocenters. The molecule has 0 aliphatic rings. The molecular formula is C10H17N3O3. The predicted octanol–water partition coefficient (Wildman–Crippen LogP) is 1.51. The third-order valence-corrected chi connectivity index (χ3v) is 2.84. The van der Waals surface area contributed by atoms with Crippen molar-refractivity contribution in [2.75, 3.05) is 0 Å². The largest absolute Gasteiger partial charge is 0.392 e. The third-order valence-electron chi connectivity index (χ3n) is 2.84. The van der Waals surface area contributed by atoms with Gasteiger partial charge in [-0.15, -0.1) is 0 Å². The monoisotopic (exact) mass is 227 g/mol. The van der Waals surface area contributed by atoms with Gasteiger partial charge in [0.1, 0.15) is 11.4 Å². The summed E-state index contributed by atoms with van der Waals surface area (Å²) in [4.78, 5) is 10.5. The van der Waals surface area contributed by atoms with E-state index in [-0.39, 0.29) is 11.6 Å². The van der Waals surface area contributed by atoms with Gasteiger partial charge in [-0.25, -0.2) is 0 Å². The van der Waals surface area contributed by atoms with Crippen molar-refractivity contribution >= 4 is 5.69 Å². The summed E-state index contributed by atoms with van der Waals surface area (Å²) in [5.74, 6) is -0.295. The maximum Gasteiger partial charge on any atom is 0.313 e. The van der Waals surface area contributed by atoms with Gasteiger partial charge in [-0.3, -0.25) is 14.8 Å². The number of hydrogen-bond acceptors (Lipinski definition) is 4. The molecule has 0 aromatic carbocycles. The number of nitrogens with zero attached hydrogens (tertiary/aromatic N) is 3. The van der Waals surface area contributed by atoms with Gasteiger partial charge in [0.05, 0.1) is 11.0 Å². The molecule has 1 N–H and O–H groups in total. The molecular weight excluding hydrogens is 210 g/mol. The van der Waals surface area contributed by atoms with Crippen LogP contribution in [0.3, 0.4) is 0 Å². The Morgan fingerprint density at radius 3 is 2.62 bits per heavy atom. The summed E-state index contributed by atoms with van der Waals surface area (Å²) in [5, 5.41) is 24.7. The van der Waals surface area contributed by atoms with Gasteiger partial charge in [0.15, 0.2) is 0 Å². The Balaban J connectivity index is 3.26. The second-order valence-corrected chi connectivity index (χ2v) is 3.96. The molecule has 6 nitrogen and oxygen atoms in total. The van der Waals surface area contributed by atoms with Crippen molar-refractivity contribution in [3.05, 3.63) is 21.5 Å². The zero-order valence-electron chi connectivity index (χ0n) is 9.97. The van der Waals surface area contributed by atoms with Gasteiger partial charge in [-0.2, -0.15) is 5.10 Å². The lowest BCUT2D eigenvalue weighted by atomic mass is 9.97. The minimum absolute atomic E-state index is 0.0162. The highest BCUT2D eigenvalue weighted by molar-refractivity contribution is 5.42. The summed E-state index contributed by atoms with van der Waals surface area (Å²) in [6.07, 6.45) is -0.0313. The van der Waals surface area contributed by atoms with E-state index in [2.05, 4.69) is 5.10 Å². The van der Waals surface area contributed by atoms with Crippen LogP contribution in [-0.4, -0.2) is 25.9 Å². The Bertz CT molecular complexity index is 400. The van der Waals surface area contributed by atoms with Crippen LogP contribution in [0, 0.1) is 17.0 Å². The molecule has 0 aliphatic heterocycles. The van der Waals surface area contributed by atoms with E-state index in [1.807, 2.05) is 6.92 Å². The number of aliphatic hydroxyl groups is 1.